The lowest BCUT2D eigenvalue weighted by atomic mass is 10.2. The summed E-state index contributed by atoms with van der Waals surface area (Å²) in [5, 5.41) is 2.60. The van der Waals surface area contributed by atoms with E-state index in [2.05, 4.69) is 5.32 Å². The summed E-state index contributed by atoms with van der Waals surface area (Å²) in [5.74, 6) is -1.15. The largest absolute Gasteiger partial charge is 0.324 e. The van der Waals surface area contributed by atoms with Crippen molar-refractivity contribution >= 4 is 37.3 Å². The minimum atomic E-state index is -3.84. The molecule has 3 rings (SSSR count). The van der Waals surface area contributed by atoms with Gasteiger partial charge in [0.25, 0.3) is 0 Å². The van der Waals surface area contributed by atoms with Crippen molar-refractivity contribution in [3.05, 3.63) is 54.3 Å². The number of nitrogens with one attached hydrogen (secondary N) is 1. The van der Waals surface area contributed by atoms with Gasteiger partial charge in [-0.25, -0.2) is 21.2 Å². The molecule has 0 bridgehead atoms. The van der Waals surface area contributed by atoms with Gasteiger partial charge >= 0.3 is 0 Å². The summed E-state index contributed by atoms with van der Waals surface area (Å²) in [6, 6.07) is 9.36. The van der Waals surface area contributed by atoms with Crippen LogP contribution in [0.3, 0.4) is 0 Å². The number of sulfonamides is 2. The first-order valence-electron chi connectivity index (χ1n) is 9.66. The number of benzene rings is 2. The van der Waals surface area contributed by atoms with Crippen LogP contribution >= 0.6 is 0 Å². The van der Waals surface area contributed by atoms with Gasteiger partial charge in [0.05, 0.1) is 16.8 Å². The highest BCUT2D eigenvalue weighted by atomic mass is 32.2. The first kappa shape index (κ1) is 23.2. The van der Waals surface area contributed by atoms with Crippen LogP contribution in [-0.4, -0.2) is 52.4 Å². The Labute approximate surface area is 181 Å². The number of hydrogen-bond acceptors (Lipinski definition) is 5. The van der Waals surface area contributed by atoms with Crippen LogP contribution in [0.15, 0.2) is 53.4 Å². The Morgan fingerprint density at radius 2 is 1.55 bits per heavy atom. The monoisotopic (exact) mass is 469 g/mol. The van der Waals surface area contributed by atoms with Crippen molar-refractivity contribution in [1.82, 2.24) is 4.31 Å². The zero-order valence-corrected chi connectivity index (χ0v) is 18.8. The minimum absolute atomic E-state index is 0.129. The molecule has 1 heterocycles. The number of carbonyl (C=O) groups is 1. The second-order valence-electron chi connectivity index (χ2n) is 7.34. The molecule has 0 aromatic heterocycles. The third-order valence-electron chi connectivity index (χ3n) is 4.99. The first-order valence-corrected chi connectivity index (χ1v) is 12.9. The molecule has 1 saturated heterocycles. The van der Waals surface area contributed by atoms with Crippen molar-refractivity contribution in [2.45, 2.75) is 30.7 Å². The lowest BCUT2D eigenvalue weighted by Crippen LogP contribution is -2.45. The molecule has 1 fully saturated rings. The Bertz CT molecular complexity index is 1140. The highest BCUT2D eigenvalue weighted by Crippen LogP contribution is 2.24. The highest BCUT2D eigenvalue weighted by Gasteiger charge is 2.30. The number of hydrogen-bond donors (Lipinski definition) is 1. The molecule has 0 unspecified atom stereocenters. The predicted octanol–water partition coefficient (Wildman–Crippen LogP) is 2.40. The normalized spacial score (nSPS) is 16.1. The summed E-state index contributed by atoms with van der Waals surface area (Å²) in [4.78, 5) is 12.8. The van der Waals surface area contributed by atoms with Gasteiger partial charge in [-0.05, 0) is 68.3 Å². The van der Waals surface area contributed by atoms with Crippen molar-refractivity contribution in [3.8, 4) is 0 Å². The van der Waals surface area contributed by atoms with Gasteiger partial charge in [0, 0.05) is 18.8 Å². The van der Waals surface area contributed by atoms with Crippen molar-refractivity contribution in [2.75, 3.05) is 29.0 Å². The standard InChI is InChI=1S/C20H24FN3O5S2/c1-15(24(30(2,26)27)18-9-5-16(21)6-10-18)20(25)22-17-7-11-19(12-8-17)31(28,29)23-13-3-4-14-23/h5-12,15H,3-4,13-14H2,1-2H3,(H,22,25)/t15-/m1/s1. The molecular weight excluding hydrogens is 445 g/mol. The number of halogens is 1. The molecule has 0 spiro atoms. The molecule has 31 heavy (non-hydrogen) atoms. The molecule has 2 aromatic rings. The molecule has 0 aliphatic carbocycles. The predicted molar refractivity (Wildman–Crippen MR) is 116 cm³/mol. The van der Waals surface area contributed by atoms with Crippen LogP contribution in [0.1, 0.15) is 19.8 Å². The highest BCUT2D eigenvalue weighted by molar-refractivity contribution is 7.92. The molecule has 8 nitrogen and oxygen atoms in total. The van der Waals surface area contributed by atoms with Gasteiger partial charge in [0.15, 0.2) is 0 Å². The molecule has 1 aliphatic rings. The maximum absolute atomic E-state index is 13.2. The SMILES string of the molecule is C[C@H](C(=O)Nc1ccc(S(=O)(=O)N2CCCC2)cc1)N(c1ccc(F)cc1)S(C)(=O)=O. The lowest BCUT2D eigenvalue weighted by Gasteiger charge is -2.28. The third kappa shape index (κ3) is 5.23. The molecule has 1 amide bonds. The fourth-order valence-corrected chi connectivity index (χ4v) is 6.12. The van der Waals surface area contributed by atoms with E-state index in [-0.39, 0.29) is 10.6 Å². The van der Waals surface area contributed by atoms with E-state index in [0.717, 1.165) is 35.5 Å². The molecule has 1 aliphatic heterocycles. The number of nitrogens with zero attached hydrogens (tertiary/aromatic N) is 2. The average molecular weight is 470 g/mol. The van der Waals surface area contributed by atoms with Crippen LogP contribution in [0.5, 0.6) is 0 Å². The van der Waals surface area contributed by atoms with E-state index in [1.165, 1.54) is 47.6 Å². The number of carbonyl (C=O) groups excluding carboxylic acids is 1. The van der Waals surface area contributed by atoms with Crippen molar-refractivity contribution in [2.24, 2.45) is 0 Å². The smallest absolute Gasteiger partial charge is 0.247 e. The quantitative estimate of drug-likeness (QED) is 0.671. The van der Waals surface area contributed by atoms with E-state index in [0.29, 0.717) is 18.8 Å². The van der Waals surface area contributed by atoms with E-state index < -0.39 is 37.8 Å². The fourth-order valence-electron chi connectivity index (χ4n) is 3.43. The Morgan fingerprint density at radius 3 is 2.06 bits per heavy atom. The van der Waals surface area contributed by atoms with Crippen LogP contribution in [0.25, 0.3) is 0 Å². The van der Waals surface area contributed by atoms with E-state index in [1.54, 1.807) is 0 Å². The van der Waals surface area contributed by atoms with Gasteiger partial charge in [-0.2, -0.15) is 4.31 Å². The summed E-state index contributed by atoms with van der Waals surface area (Å²) in [6.45, 7) is 2.39. The van der Waals surface area contributed by atoms with Crippen molar-refractivity contribution < 1.29 is 26.0 Å². The second-order valence-corrected chi connectivity index (χ2v) is 11.1. The molecule has 11 heteroatoms. The van der Waals surface area contributed by atoms with Crippen LogP contribution < -0.4 is 9.62 Å². The van der Waals surface area contributed by atoms with Gasteiger partial charge in [-0.1, -0.05) is 0 Å². The molecule has 1 N–H and O–H groups in total. The van der Waals surface area contributed by atoms with E-state index in [1.807, 2.05) is 0 Å². The number of anilines is 2. The molecule has 2 aromatic carbocycles. The number of rotatable bonds is 7. The summed E-state index contributed by atoms with van der Waals surface area (Å²) in [7, 11) is -7.41. The van der Waals surface area contributed by atoms with Gasteiger partial charge in [0.2, 0.25) is 26.0 Å². The van der Waals surface area contributed by atoms with Crippen LogP contribution in [0, 0.1) is 5.82 Å². The number of amides is 1. The van der Waals surface area contributed by atoms with Gasteiger partial charge < -0.3 is 5.32 Å². The maximum atomic E-state index is 13.2. The second kappa shape index (κ2) is 8.93. The topological polar surface area (TPSA) is 104 Å². The van der Waals surface area contributed by atoms with E-state index in [9.17, 15) is 26.0 Å². The fraction of sp³-hybridized carbons (Fsp3) is 0.350. The van der Waals surface area contributed by atoms with E-state index in [4.69, 9.17) is 0 Å². The van der Waals surface area contributed by atoms with Gasteiger partial charge in [-0.3, -0.25) is 9.10 Å². The summed E-state index contributed by atoms with van der Waals surface area (Å²) in [6.07, 6.45) is 2.62. The Morgan fingerprint density at radius 1 is 1.00 bits per heavy atom. The lowest BCUT2D eigenvalue weighted by molar-refractivity contribution is -0.116. The average Bonchev–Trinajstić information content (AvgIpc) is 3.25. The van der Waals surface area contributed by atoms with Crippen LogP contribution in [0.2, 0.25) is 0 Å². The molecule has 1 atom stereocenters. The molecule has 0 radical (unpaired) electrons. The molecular formula is C20H24FN3O5S2. The van der Waals surface area contributed by atoms with E-state index >= 15 is 0 Å². The maximum Gasteiger partial charge on any atom is 0.247 e. The Hall–Kier alpha value is -2.50. The van der Waals surface area contributed by atoms with Crippen molar-refractivity contribution in [3.63, 3.8) is 0 Å². The summed E-state index contributed by atoms with van der Waals surface area (Å²) < 4.78 is 65.3. The third-order valence-corrected chi connectivity index (χ3v) is 8.15. The van der Waals surface area contributed by atoms with Crippen molar-refractivity contribution in [1.29, 1.82) is 0 Å². The molecule has 168 valence electrons. The van der Waals surface area contributed by atoms with Crippen LogP contribution in [0.4, 0.5) is 15.8 Å². The minimum Gasteiger partial charge on any atom is -0.324 e. The zero-order valence-electron chi connectivity index (χ0n) is 17.2. The summed E-state index contributed by atoms with van der Waals surface area (Å²) in [5.41, 5.74) is 0.475. The Kier molecular flexibility index (Phi) is 6.68. The Balaban J connectivity index is 1.77. The molecule has 0 saturated carbocycles. The zero-order chi connectivity index (χ0) is 22.8. The van der Waals surface area contributed by atoms with Gasteiger partial charge in [-0.15, -0.1) is 0 Å². The summed E-state index contributed by atoms with van der Waals surface area (Å²) >= 11 is 0. The van der Waals surface area contributed by atoms with Gasteiger partial charge in [0.1, 0.15) is 11.9 Å². The van der Waals surface area contributed by atoms with Crippen LogP contribution in [-0.2, 0) is 24.8 Å². The first-order chi connectivity index (χ1) is 14.5.